The molecule has 0 atom stereocenters. The monoisotopic (exact) mass is 749 g/mol. The molecule has 2 aromatic heterocycles. The predicted octanol–water partition coefficient (Wildman–Crippen LogP) is 14.9. The van der Waals surface area contributed by atoms with E-state index in [1.54, 1.807) is 0 Å². The molecule has 10 aromatic carbocycles. The van der Waals surface area contributed by atoms with Crippen LogP contribution in [0.25, 0.3) is 116 Å². The molecule has 0 aliphatic carbocycles. The summed E-state index contributed by atoms with van der Waals surface area (Å²) < 4.78 is 2.41. The van der Waals surface area contributed by atoms with Crippen LogP contribution in [-0.2, 0) is 0 Å². The molecule has 0 fully saturated rings. The molecular weight excluding hydrogens is 715 g/mol. The van der Waals surface area contributed by atoms with Crippen molar-refractivity contribution in [3.8, 4) is 50.7 Å². The summed E-state index contributed by atoms with van der Waals surface area (Å²) in [4.78, 5) is 10.6. The summed E-state index contributed by atoms with van der Waals surface area (Å²) >= 11 is 0. The largest absolute Gasteiger partial charge is 0.309 e. The SMILES string of the molecule is c1ccc(-c2nc(-c3cc(-c4ccc5c6ccccc6c6ccccc6c5c4)cc(-n4c5ccccc5c5ccccc54)c3)cc(-c3ccc4ccccc4c3)n2)cc1. The van der Waals surface area contributed by atoms with Gasteiger partial charge >= 0.3 is 0 Å². The van der Waals surface area contributed by atoms with Gasteiger partial charge in [-0.05, 0) is 103 Å². The Hall–Kier alpha value is -7.88. The zero-order valence-electron chi connectivity index (χ0n) is 32.0. The van der Waals surface area contributed by atoms with Crippen molar-refractivity contribution < 1.29 is 0 Å². The molecular formula is C56H35N3. The fourth-order valence-corrected chi connectivity index (χ4v) is 9.15. The topological polar surface area (TPSA) is 30.7 Å². The minimum absolute atomic E-state index is 0.694. The fourth-order valence-electron chi connectivity index (χ4n) is 9.15. The zero-order valence-corrected chi connectivity index (χ0v) is 32.0. The van der Waals surface area contributed by atoms with E-state index in [-0.39, 0.29) is 0 Å². The third-order valence-electron chi connectivity index (χ3n) is 11.9. The minimum Gasteiger partial charge on any atom is -0.309 e. The average Bonchev–Trinajstić information content (AvgIpc) is 3.66. The van der Waals surface area contributed by atoms with Crippen molar-refractivity contribution >= 4 is 64.9 Å². The molecule has 274 valence electrons. The Morgan fingerprint density at radius 1 is 0.271 bits per heavy atom. The van der Waals surface area contributed by atoms with Gasteiger partial charge in [0.1, 0.15) is 0 Å². The lowest BCUT2D eigenvalue weighted by Crippen LogP contribution is -1.99. The van der Waals surface area contributed by atoms with Crippen molar-refractivity contribution in [1.29, 1.82) is 0 Å². The highest BCUT2D eigenvalue weighted by atomic mass is 15.0. The van der Waals surface area contributed by atoms with Crippen LogP contribution in [0.3, 0.4) is 0 Å². The molecule has 0 aliphatic rings. The van der Waals surface area contributed by atoms with Gasteiger partial charge in [-0.2, -0.15) is 0 Å². The summed E-state index contributed by atoms with van der Waals surface area (Å²) in [5.41, 5.74) is 10.5. The van der Waals surface area contributed by atoms with Crippen LogP contribution in [0.1, 0.15) is 0 Å². The highest BCUT2D eigenvalue weighted by Gasteiger charge is 2.18. The van der Waals surface area contributed by atoms with Crippen molar-refractivity contribution in [2.75, 3.05) is 0 Å². The first-order chi connectivity index (χ1) is 29.2. The Kier molecular flexibility index (Phi) is 7.54. The molecule has 0 saturated carbocycles. The van der Waals surface area contributed by atoms with Gasteiger partial charge in [-0.25, -0.2) is 9.97 Å². The van der Waals surface area contributed by atoms with Gasteiger partial charge < -0.3 is 4.57 Å². The molecule has 0 bridgehead atoms. The molecule has 0 amide bonds. The maximum Gasteiger partial charge on any atom is 0.160 e. The first-order valence-electron chi connectivity index (χ1n) is 20.1. The lowest BCUT2D eigenvalue weighted by atomic mass is 9.91. The van der Waals surface area contributed by atoms with E-state index in [9.17, 15) is 0 Å². The molecule has 3 nitrogen and oxygen atoms in total. The highest BCUT2D eigenvalue weighted by molar-refractivity contribution is 6.25. The molecule has 0 radical (unpaired) electrons. The molecule has 0 N–H and O–H groups in total. The number of para-hydroxylation sites is 2. The number of benzene rings is 10. The fraction of sp³-hybridized carbons (Fsp3) is 0. The van der Waals surface area contributed by atoms with Gasteiger partial charge in [0.05, 0.1) is 22.4 Å². The molecule has 0 saturated heterocycles. The summed E-state index contributed by atoms with van der Waals surface area (Å²) in [5.74, 6) is 0.694. The zero-order chi connectivity index (χ0) is 38.9. The number of rotatable bonds is 5. The summed E-state index contributed by atoms with van der Waals surface area (Å²) in [5, 5.41) is 12.4. The molecule has 0 unspecified atom stereocenters. The standard InChI is InChI=1S/C56H35N3/c1-2-15-37(16-3-1)56-57-52(40-27-26-36-14-4-5-17-38(36)30-40)35-53(58-56)42-31-41(32-43(33-42)59-54-24-12-10-22-49(54)50-23-11-13-25-55(50)59)39-28-29-48-46-20-7-6-18-44(46)45-19-8-9-21-47(45)51(48)34-39/h1-35H. The van der Waals surface area contributed by atoms with Gasteiger partial charge in [-0.15, -0.1) is 0 Å². The van der Waals surface area contributed by atoms with Crippen LogP contribution in [0.4, 0.5) is 0 Å². The number of nitrogens with zero attached hydrogens (tertiary/aromatic N) is 3. The Morgan fingerprint density at radius 2 is 0.780 bits per heavy atom. The number of hydrogen-bond acceptors (Lipinski definition) is 2. The van der Waals surface area contributed by atoms with Crippen LogP contribution in [0.2, 0.25) is 0 Å². The van der Waals surface area contributed by atoms with Gasteiger partial charge in [0.2, 0.25) is 0 Å². The van der Waals surface area contributed by atoms with Crippen molar-refractivity contribution in [2.45, 2.75) is 0 Å². The van der Waals surface area contributed by atoms with Crippen molar-refractivity contribution in [1.82, 2.24) is 14.5 Å². The average molecular weight is 750 g/mol. The van der Waals surface area contributed by atoms with Crippen LogP contribution in [0.5, 0.6) is 0 Å². The lowest BCUT2D eigenvalue weighted by Gasteiger charge is -2.16. The molecule has 3 heteroatoms. The van der Waals surface area contributed by atoms with Gasteiger partial charge in [0, 0.05) is 33.2 Å². The second kappa shape index (κ2) is 13.4. The van der Waals surface area contributed by atoms with Crippen LogP contribution >= 0.6 is 0 Å². The molecule has 2 heterocycles. The Morgan fingerprint density at radius 3 is 1.46 bits per heavy atom. The number of hydrogen-bond donors (Lipinski definition) is 0. The maximum atomic E-state index is 5.35. The second-order valence-electron chi connectivity index (χ2n) is 15.4. The van der Waals surface area contributed by atoms with Crippen molar-refractivity contribution in [3.63, 3.8) is 0 Å². The van der Waals surface area contributed by atoms with Crippen molar-refractivity contribution in [2.24, 2.45) is 0 Å². The normalized spacial score (nSPS) is 11.7. The first kappa shape index (κ1) is 33.3. The molecule has 0 spiro atoms. The quantitative estimate of drug-likeness (QED) is 0.164. The van der Waals surface area contributed by atoms with E-state index in [1.807, 2.05) is 6.07 Å². The van der Waals surface area contributed by atoms with Gasteiger partial charge in [-0.3, -0.25) is 0 Å². The summed E-state index contributed by atoms with van der Waals surface area (Å²) in [6.07, 6.45) is 0. The third-order valence-corrected chi connectivity index (χ3v) is 11.9. The lowest BCUT2D eigenvalue weighted by molar-refractivity contribution is 1.16. The van der Waals surface area contributed by atoms with Gasteiger partial charge in [0.25, 0.3) is 0 Å². The highest BCUT2D eigenvalue weighted by Crippen LogP contribution is 2.40. The van der Waals surface area contributed by atoms with Crippen LogP contribution in [0.15, 0.2) is 212 Å². The molecule has 0 aliphatic heterocycles. The molecule has 59 heavy (non-hydrogen) atoms. The maximum absolute atomic E-state index is 5.35. The second-order valence-corrected chi connectivity index (χ2v) is 15.4. The smallest absolute Gasteiger partial charge is 0.160 e. The van der Waals surface area contributed by atoms with Crippen LogP contribution < -0.4 is 0 Å². The van der Waals surface area contributed by atoms with E-state index >= 15 is 0 Å². The van der Waals surface area contributed by atoms with E-state index in [0.717, 1.165) is 55.9 Å². The Labute approximate surface area is 341 Å². The van der Waals surface area contributed by atoms with E-state index < -0.39 is 0 Å². The summed E-state index contributed by atoms with van der Waals surface area (Å²) in [6.45, 7) is 0. The number of fused-ring (bicyclic) bond motifs is 10. The summed E-state index contributed by atoms with van der Waals surface area (Å²) in [6, 6.07) is 76.5. The van der Waals surface area contributed by atoms with E-state index in [1.165, 1.54) is 53.9 Å². The predicted molar refractivity (Wildman–Crippen MR) is 248 cm³/mol. The van der Waals surface area contributed by atoms with Gasteiger partial charge in [0.15, 0.2) is 5.82 Å². The van der Waals surface area contributed by atoms with Crippen LogP contribution in [0, 0.1) is 0 Å². The molecule has 12 rings (SSSR count). The summed E-state index contributed by atoms with van der Waals surface area (Å²) in [7, 11) is 0. The first-order valence-corrected chi connectivity index (χ1v) is 20.1. The van der Waals surface area contributed by atoms with E-state index in [0.29, 0.717) is 5.82 Å². The third kappa shape index (κ3) is 5.51. The van der Waals surface area contributed by atoms with Crippen LogP contribution in [-0.4, -0.2) is 14.5 Å². The number of aromatic nitrogens is 3. The Balaban J connectivity index is 1.14. The van der Waals surface area contributed by atoms with Gasteiger partial charge in [-0.1, -0.05) is 164 Å². The van der Waals surface area contributed by atoms with E-state index in [4.69, 9.17) is 9.97 Å². The van der Waals surface area contributed by atoms with Crippen molar-refractivity contribution in [3.05, 3.63) is 212 Å². The van der Waals surface area contributed by atoms with E-state index in [2.05, 4.69) is 211 Å². The minimum atomic E-state index is 0.694. The Bertz CT molecular complexity index is 3530. The molecule has 12 aromatic rings.